The Hall–Kier alpha value is -2.66. The van der Waals surface area contributed by atoms with Gasteiger partial charge in [-0.25, -0.2) is 0 Å². The van der Waals surface area contributed by atoms with E-state index in [0.717, 1.165) is 42.3 Å². The molecule has 2 aromatic heterocycles. The van der Waals surface area contributed by atoms with Crippen molar-refractivity contribution in [3.05, 3.63) is 54.5 Å². The van der Waals surface area contributed by atoms with Gasteiger partial charge in [0.1, 0.15) is 5.69 Å². The van der Waals surface area contributed by atoms with Crippen LogP contribution in [0.1, 0.15) is 31.9 Å². The molecule has 1 atom stereocenters. The molecule has 0 unspecified atom stereocenters. The SMILES string of the molecule is Cc1[nH]nc(-c2ccncc2)c1-c1ccc(N2CC3(CCOCC3)C[C@@H]2C)cc1. The minimum atomic E-state index is 0.437. The summed E-state index contributed by atoms with van der Waals surface area (Å²) >= 11 is 0. The van der Waals surface area contributed by atoms with Crippen LogP contribution in [0.3, 0.4) is 0 Å². The van der Waals surface area contributed by atoms with E-state index in [0.29, 0.717) is 11.5 Å². The van der Waals surface area contributed by atoms with Crippen molar-refractivity contribution in [2.24, 2.45) is 5.41 Å². The molecular formula is C24H28N4O. The van der Waals surface area contributed by atoms with Gasteiger partial charge in [0.2, 0.25) is 0 Å². The molecule has 5 rings (SSSR count). The number of pyridine rings is 1. The summed E-state index contributed by atoms with van der Waals surface area (Å²) in [6.07, 6.45) is 7.27. The van der Waals surface area contributed by atoms with Gasteiger partial charge in [-0.3, -0.25) is 10.1 Å². The van der Waals surface area contributed by atoms with Crippen molar-refractivity contribution >= 4 is 5.69 Å². The number of H-pyrrole nitrogens is 1. The third-order valence-corrected chi connectivity index (χ3v) is 6.71. The van der Waals surface area contributed by atoms with Crippen LogP contribution < -0.4 is 4.90 Å². The highest BCUT2D eigenvalue weighted by Crippen LogP contribution is 2.44. The minimum Gasteiger partial charge on any atom is -0.381 e. The Morgan fingerprint density at radius 1 is 1.03 bits per heavy atom. The molecule has 0 radical (unpaired) electrons. The van der Waals surface area contributed by atoms with Gasteiger partial charge in [-0.15, -0.1) is 0 Å². The number of aryl methyl sites for hydroxylation is 1. The average molecular weight is 389 g/mol. The quantitative estimate of drug-likeness (QED) is 0.697. The largest absolute Gasteiger partial charge is 0.381 e. The summed E-state index contributed by atoms with van der Waals surface area (Å²) in [6, 6.07) is 13.6. The second kappa shape index (κ2) is 7.30. The molecule has 2 aliphatic heterocycles. The molecule has 2 aliphatic rings. The third kappa shape index (κ3) is 3.33. The maximum Gasteiger partial charge on any atom is 0.100 e. The van der Waals surface area contributed by atoms with E-state index in [4.69, 9.17) is 4.74 Å². The standard InChI is InChI=1S/C24H28N4O/c1-17-15-24(9-13-29-14-10-24)16-28(17)21-5-3-19(4-6-21)22-18(2)26-27-23(22)20-7-11-25-12-8-20/h3-8,11-12,17H,9-10,13-16H2,1-2H3,(H,26,27)/t17-/m0/s1. The maximum atomic E-state index is 5.62. The number of aromatic nitrogens is 3. The Labute approximate surface area is 172 Å². The molecule has 0 amide bonds. The lowest BCUT2D eigenvalue weighted by molar-refractivity contribution is 0.0242. The van der Waals surface area contributed by atoms with E-state index in [1.54, 1.807) is 0 Å². The van der Waals surface area contributed by atoms with E-state index in [1.807, 2.05) is 24.5 Å². The van der Waals surface area contributed by atoms with E-state index in [2.05, 4.69) is 58.2 Å². The first-order chi connectivity index (χ1) is 14.2. The highest BCUT2D eigenvalue weighted by Gasteiger charge is 2.43. The summed E-state index contributed by atoms with van der Waals surface area (Å²) in [5.41, 5.74) is 7.26. The van der Waals surface area contributed by atoms with Crippen molar-refractivity contribution in [3.8, 4) is 22.4 Å². The summed E-state index contributed by atoms with van der Waals surface area (Å²) in [4.78, 5) is 6.71. The van der Waals surface area contributed by atoms with E-state index in [1.165, 1.54) is 30.5 Å². The van der Waals surface area contributed by atoms with Crippen molar-refractivity contribution in [2.75, 3.05) is 24.7 Å². The molecule has 150 valence electrons. The molecule has 2 saturated heterocycles. The number of benzene rings is 1. The molecule has 1 aromatic carbocycles. The number of nitrogens with one attached hydrogen (secondary N) is 1. The molecule has 29 heavy (non-hydrogen) atoms. The van der Waals surface area contributed by atoms with Crippen LogP contribution in [0.2, 0.25) is 0 Å². The molecule has 5 nitrogen and oxygen atoms in total. The number of nitrogens with zero attached hydrogens (tertiary/aromatic N) is 3. The molecule has 0 bridgehead atoms. The van der Waals surface area contributed by atoms with Gasteiger partial charge in [0.05, 0.1) is 0 Å². The van der Waals surface area contributed by atoms with E-state index in [9.17, 15) is 0 Å². The highest BCUT2D eigenvalue weighted by atomic mass is 16.5. The van der Waals surface area contributed by atoms with Gasteiger partial charge in [-0.05, 0) is 68.4 Å². The summed E-state index contributed by atoms with van der Waals surface area (Å²) in [5.74, 6) is 0. The van der Waals surface area contributed by atoms with Gasteiger partial charge in [0.25, 0.3) is 0 Å². The molecule has 5 heteroatoms. The van der Waals surface area contributed by atoms with Crippen molar-refractivity contribution in [3.63, 3.8) is 0 Å². The van der Waals surface area contributed by atoms with Gasteiger partial charge < -0.3 is 9.64 Å². The molecular weight excluding hydrogens is 360 g/mol. The van der Waals surface area contributed by atoms with Crippen LogP contribution in [0.25, 0.3) is 22.4 Å². The number of ether oxygens (including phenoxy) is 1. The lowest BCUT2D eigenvalue weighted by Gasteiger charge is -2.33. The first kappa shape index (κ1) is 18.4. The third-order valence-electron chi connectivity index (χ3n) is 6.71. The molecule has 3 aromatic rings. The fraction of sp³-hybridized carbons (Fsp3) is 0.417. The Morgan fingerprint density at radius 2 is 1.76 bits per heavy atom. The van der Waals surface area contributed by atoms with Crippen LogP contribution in [0.15, 0.2) is 48.8 Å². The van der Waals surface area contributed by atoms with Gasteiger partial charge in [0.15, 0.2) is 0 Å². The van der Waals surface area contributed by atoms with E-state index >= 15 is 0 Å². The number of rotatable bonds is 3. The van der Waals surface area contributed by atoms with Crippen LogP contribution in [0.5, 0.6) is 0 Å². The minimum absolute atomic E-state index is 0.437. The molecule has 1 N–H and O–H groups in total. The van der Waals surface area contributed by atoms with Gasteiger partial charge in [-0.1, -0.05) is 12.1 Å². The van der Waals surface area contributed by atoms with Gasteiger partial charge >= 0.3 is 0 Å². The van der Waals surface area contributed by atoms with Crippen molar-refractivity contribution in [1.82, 2.24) is 15.2 Å². The Balaban J connectivity index is 1.43. The van der Waals surface area contributed by atoms with Crippen LogP contribution in [-0.4, -0.2) is 41.0 Å². The molecule has 1 spiro atoms. The normalized spacial score (nSPS) is 21.0. The van der Waals surface area contributed by atoms with Crippen molar-refractivity contribution in [2.45, 2.75) is 39.2 Å². The second-order valence-corrected chi connectivity index (χ2v) is 8.65. The first-order valence-electron chi connectivity index (χ1n) is 10.6. The zero-order valence-electron chi connectivity index (χ0n) is 17.2. The van der Waals surface area contributed by atoms with Crippen molar-refractivity contribution in [1.29, 1.82) is 0 Å². The molecule has 0 aliphatic carbocycles. The van der Waals surface area contributed by atoms with Gasteiger partial charge in [-0.2, -0.15) is 5.10 Å². The lowest BCUT2D eigenvalue weighted by Crippen LogP contribution is -2.33. The van der Waals surface area contributed by atoms with Crippen LogP contribution >= 0.6 is 0 Å². The predicted octanol–water partition coefficient (Wildman–Crippen LogP) is 4.84. The Morgan fingerprint density at radius 3 is 2.48 bits per heavy atom. The zero-order chi connectivity index (χ0) is 19.8. The smallest absolute Gasteiger partial charge is 0.100 e. The van der Waals surface area contributed by atoms with E-state index < -0.39 is 0 Å². The summed E-state index contributed by atoms with van der Waals surface area (Å²) in [5, 5.41) is 7.71. The first-order valence-corrected chi connectivity index (χ1v) is 10.6. The highest BCUT2D eigenvalue weighted by molar-refractivity contribution is 5.83. The summed E-state index contributed by atoms with van der Waals surface area (Å²) < 4.78 is 5.62. The number of hydrogen-bond acceptors (Lipinski definition) is 4. The molecule has 4 heterocycles. The summed E-state index contributed by atoms with van der Waals surface area (Å²) in [6.45, 7) is 7.41. The van der Waals surface area contributed by atoms with E-state index in [-0.39, 0.29) is 0 Å². The van der Waals surface area contributed by atoms with Crippen LogP contribution in [0, 0.1) is 12.3 Å². The zero-order valence-corrected chi connectivity index (χ0v) is 17.2. The fourth-order valence-electron chi connectivity index (χ4n) is 5.15. The lowest BCUT2D eigenvalue weighted by atomic mass is 9.78. The number of aromatic amines is 1. The number of hydrogen-bond donors (Lipinski definition) is 1. The topological polar surface area (TPSA) is 54.0 Å². The van der Waals surface area contributed by atoms with Crippen molar-refractivity contribution < 1.29 is 4.74 Å². The summed E-state index contributed by atoms with van der Waals surface area (Å²) in [7, 11) is 0. The number of anilines is 1. The maximum absolute atomic E-state index is 5.62. The average Bonchev–Trinajstić information content (AvgIpc) is 3.29. The fourth-order valence-corrected chi connectivity index (χ4v) is 5.15. The monoisotopic (exact) mass is 388 g/mol. The molecule has 2 fully saturated rings. The predicted molar refractivity (Wildman–Crippen MR) is 116 cm³/mol. The molecule has 0 saturated carbocycles. The second-order valence-electron chi connectivity index (χ2n) is 8.65. The van der Waals surface area contributed by atoms with Gasteiger partial charge in [0, 0.05) is 60.7 Å². The van der Waals surface area contributed by atoms with Crippen LogP contribution in [0.4, 0.5) is 5.69 Å². The van der Waals surface area contributed by atoms with Crippen LogP contribution in [-0.2, 0) is 4.74 Å². The Bertz CT molecular complexity index is 974. The Kier molecular flexibility index (Phi) is 4.63.